The fourth-order valence-electron chi connectivity index (χ4n) is 2.15. The van der Waals surface area contributed by atoms with Crippen molar-refractivity contribution in [3.05, 3.63) is 12.1 Å². The van der Waals surface area contributed by atoms with Crippen LogP contribution < -0.4 is 15.4 Å². The number of nitrogen functional groups attached to an aromatic ring is 1. The molecular weight excluding hydrogens is 234 g/mol. The average Bonchev–Trinajstić information content (AvgIpc) is 2.81. The predicted molar refractivity (Wildman–Crippen MR) is 67.8 cm³/mol. The fourth-order valence-corrected chi connectivity index (χ4v) is 2.15. The maximum atomic E-state index is 11.1. The smallest absolute Gasteiger partial charge is 0.326 e. The van der Waals surface area contributed by atoms with Crippen molar-refractivity contribution in [1.29, 1.82) is 0 Å². The standard InChI is InChI=1S/C12H17N3O3/c1-2-18-11-8(13)5-6-10(14-11)15-7-3-4-9(15)12(16)17/h5-6,9H,2-4,7,13H2,1H3,(H,16,17). The van der Waals surface area contributed by atoms with Gasteiger partial charge in [-0.2, -0.15) is 4.98 Å². The molecule has 2 rings (SSSR count). The maximum absolute atomic E-state index is 11.1. The number of aromatic nitrogens is 1. The SMILES string of the molecule is CCOc1nc(N2CCCC2C(=O)O)ccc1N. The van der Waals surface area contributed by atoms with Gasteiger partial charge in [0.1, 0.15) is 11.9 Å². The van der Waals surface area contributed by atoms with Crippen molar-refractivity contribution in [1.82, 2.24) is 4.98 Å². The molecule has 1 saturated heterocycles. The molecule has 18 heavy (non-hydrogen) atoms. The first-order valence-corrected chi connectivity index (χ1v) is 6.02. The third-order valence-corrected chi connectivity index (χ3v) is 2.99. The van der Waals surface area contributed by atoms with Gasteiger partial charge >= 0.3 is 5.97 Å². The lowest BCUT2D eigenvalue weighted by Gasteiger charge is -2.23. The largest absolute Gasteiger partial charge is 0.480 e. The minimum Gasteiger partial charge on any atom is -0.480 e. The lowest BCUT2D eigenvalue weighted by atomic mass is 10.2. The van der Waals surface area contributed by atoms with Gasteiger partial charge in [-0.05, 0) is 31.9 Å². The van der Waals surface area contributed by atoms with Gasteiger partial charge in [0.2, 0.25) is 5.88 Å². The van der Waals surface area contributed by atoms with Crippen LogP contribution in [0.4, 0.5) is 11.5 Å². The third-order valence-electron chi connectivity index (χ3n) is 2.99. The Morgan fingerprint density at radius 2 is 2.44 bits per heavy atom. The number of carboxylic acid groups (broad SMARTS) is 1. The summed E-state index contributed by atoms with van der Waals surface area (Å²) in [6.07, 6.45) is 1.50. The van der Waals surface area contributed by atoms with Crippen molar-refractivity contribution >= 4 is 17.5 Å². The number of hydrogen-bond donors (Lipinski definition) is 2. The van der Waals surface area contributed by atoms with Crippen molar-refractivity contribution < 1.29 is 14.6 Å². The Kier molecular flexibility index (Phi) is 3.55. The minimum absolute atomic E-state index is 0.367. The summed E-state index contributed by atoms with van der Waals surface area (Å²) < 4.78 is 5.32. The van der Waals surface area contributed by atoms with Gasteiger partial charge in [-0.1, -0.05) is 0 Å². The summed E-state index contributed by atoms with van der Waals surface area (Å²) in [5.74, 6) is 0.160. The molecule has 0 saturated carbocycles. The number of carboxylic acids is 1. The topological polar surface area (TPSA) is 88.7 Å². The second-order valence-corrected chi connectivity index (χ2v) is 4.19. The quantitative estimate of drug-likeness (QED) is 0.833. The number of rotatable bonds is 4. The van der Waals surface area contributed by atoms with E-state index in [0.717, 1.165) is 6.42 Å². The molecule has 0 radical (unpaired) electrons. The monoisotopic (exact) mass is 251 g/mol. The predicted octanol–water partition coefficient (Wildman–Crippen LogP) is 1.12. The zero-order valence-corrected chi connectivity index (χ0v) is 10.3. The number of carbonyl (C=O) groups is 1. The normalized spacial score (nSPS) is 18.9. The number of nitrogens with zero attached hydrogens (tertiary/aromatic N) is 2. The summed E-state index contributed by atoms with van der Waals surface area (Å²) in [5, 5.41) is 9.15. The first-order valence-electron chi connectivity index (χ1n) is 6.02. The van der Waals surface area contributed by atoms with Gasteiger partial charge < -0.3 is 20.5 Å². The summed E-state index contributed by atoms with van der Waals surface area (Å²) >= 11 is 0. The third kappa shape index (κ3) is 2.32. The number of anilines is 2. The number of nitrogens with two attached hydrogens (primary N) is 1. The van der Waals surface area contributed by atoms with Gasteiger partial charge in [-0.3, -0.25) is 0 Å². The summed E-state index contributed by atoms with van der Waals surface area (Å²) in [6, 6.07) is 2.93. The summed E-state index contributed by atoms with van der Waals surface area (Å²) in [4.78, 5) is 17.2. The molecule has 0 amide bonds. The van der Waals surface area contributed by atoms with E-state index in [0.29, 0.717) is 37.0 Å². The molecule has 3 N–H and O–H groups in total. The van der Waals surface area contributed by atoms with Crippen LogP contribution in [0.15, 0.2) is 12.1 Å². The first-order chi connectivity index (χ1) is 8.63. The highest BCUT2D eigenvalue weighted by atomic mass is 16.5. The average molecular weight is 251 g/mol. The van der Waals surface area contributed by atoms with Crippen LogP contribution in [0.25, 0.3) is 0 Å². The van der Waals surface area contributed by atoms with Crippen molar-refractivity contribution in [2.75, 3.05) is 23.8 Å². The Hall–Kier alpha value is -1.98. The van der Waals surface area contributed by atoms with Crippen LogP contribution in [0.1, 0.15) is 19.8 Å². The molecule has 1 aliphatic heterocycles. The van der Waals surface area contributed by atoms with Crippen LogP contribution in [0.3, 0.4) is 0 Å². The van der Waals surface area contributed by atoms with Crippen LogP contribution in [0, 0.1) is 0 Å². The van der Waals surface area contributed by atoms with Crippen LogP contribution in [-0.4, -0.2) is 35.3 Å². The van der Waals surface area contributed by atoms with Gasteiger partial charge in [0, 0.05) is 6.54 Å². The van der Waals surface area contributed by atoms with E-state index in [2.05, 4.69) is 4.98 Å². The van der Waals surface area contributed by atoms with E-state index < -0.39 is 12.0 Å². The Morgan fingerprint density at radius 1 is 1.67 bits per heavy atom. The van der Waals surface area contributed by atoms with Crippen LogP contribution in [0.2, 0.25) is 0 Å². The Morgan fingerprint density at radius 3 is 3.11 bits per heavy atom. The molecule has 0 spiro atoms. The van der Waals surface area contributed by atoms with E-state index in [9.17, 15) is 4.79 Å². The van der Waals surface area contributed by atoms with E-state index >= 15 is 0 Å². The van der Waals surface area contributed by atoms with Crippen molar-refractivity contribution in [2.45, 2.75) is 25.8 Å². The second kappa shape index (κ2) is 5.12. The summed E-state index contributed by atoms with van der Waals surface area (Å²) in [5.41, 5.74) is 6.21. The zero-order chi connectivity index (χ0) is 13.1. The zero-order valence-electron chi connectivity index (χ0n) is 10.3. The molecule has 2 heterocycles. The molecule has 0 aliphatic carbocycles. The molecule has 1 unspecified atom stereocenters. The molecular formula is C12H17N3O3. The van der Waals surface area contributed by atoms with Gasteiger partial charge in [-0.15, -0.1) is 0 Å². The van der Waals surface area contributed by atoms with Gasteiger partial charge in [0.05, 0.1) is 12.3 Å². The minimum atomic E-state index is -0.816. The van der Waals surface area contributed by atoms with E-state index in [1.54, 1.807) is 17.0 Å². The highest BCUT2D eigenvalue weighted by Crippen LogP contribution is 2.28. The number of ether oxygens (including phenoxy) is 1. The molecule has 6 nitrogen and oxygen atoms in total. The molecule has 1 fully saturated rings. The van der Waals surface area contributed by atoms with E-state index in [-0.39, 0.29) is 0 Å². The molecule has 1 aromatic heterocycles. The van der Waals surface area contributed by atoms with Crippen molar-refractivity contribution in [2.24, 2.45) is 0 Å². The Bertz CT molecular complexity index is 450. The molecule has 98 valence electrons. The van der Waals surface area contributed by atoms with E-state index in [1.807, 2.05) is 6.92 Å². The van der Waals surface area contributed by atoms with Crippen molar-refractivity contribution in [3.63, 3.8) is 0 Å². The fraction of sp³-hybridized carbons (Fsp3) is 0.500. The first kappa shape index (κ1) is 12.5. The highest BCUT2D eigenvalue weighted by Gasteiger charge is 2.31. The Balaban J connectivity index is 2.27. The maximum Gasteiger partial charge on any atom is 0.326 e. The van der Waals surface area contributed by atoms with E-state index in [1.165, 1.54) is 0 Å². The molecule has 1 aromatic rings. The van der Waals surface area contributed by atoms with Gasteiger partial charge in [0.25, 0.3) is 0 Å². The van der Waals surface area contributed by atoms with Crippen LogP contribution in [-0.2, 0) is 4.79 Å². The second-order valence-electron chi connectivity index (χ2n) is 4.19. The van der Waals surface area contributed by atoms with Crippen LogP contribution >= 0.6 is 0 Å². The summed E-state index contributed by atoms with van der Waals surface area (Å²) in [7, 11) is 0. The molecule has 0 bridgehead atoms. The molecule has 1 aliphatic rings. The highest BCUT2D eigenvalue weighted by molar-refractivity contribution is 5.78. The Labute approximate surface area is 105 Å². The summed E-state index contributed by atoms with van der Waals surface area (Å²) in [6.45, 7) is 3.02. The van der Waals surface area contributed by atoms with Crippen LogP contribution in [0.5, 0.6) is 5.88 Å². The molecule has 1 atom stereocenters. The number of aliphatic carboxylic acids is 1. The van der Waals surface area contributed by atoms with Gasteiger partial charge in [-0.25, -0.2) is 4.79 Å². The lowest BCUT2D eigenvalue weighted by molar-refractivity contribution is -0.138. The number of pyridine rings is 1. The van der Waals surface area contributed by atoms with Gasteiger partial charge in [0.15, 0.2) is 0 Å². The van der Waals surface area contributed by atoms with E-state index in [4.69, 9.17) is 15.6 Å². The lowest BCUT2D eigenvalue weighted by Crippen LogP contribution is -2.36. The number of hydrogen-bond acceptors (Lipinski definition) is 5. The van der Waals surface area contributed by atoms with Crippen molar-refractivity contribution in [3.8, 4) is 5.88 Å². The molecule has 6 heteroatoms. The molecule has 0 aromatic carbocycles.